The first kappa shape index (κ1) is 11.8. The SMILES string of the molecule is Cc1cc(O)c2c(O)c3c(O)c4oc(c-3c(=O)c2c1)C4=O. The number of hydrogen-bond donors (Lipinski definition) is 3. The Kier molecular flexibility index (Phi) is 1.88. The largest absolute Gasteiger partial charge is 0.507 e. The maximum absolute atomic E-state index is 12.5. The van der Waals surface area contributed by atoms with E-state index in [1.54, 1.807) is 6.92 Å². The zero-order chi connectivity index (χ0) is 15.0. The van der Waals surface area contributed by atoms with E-state index in [0.29, 0.717) is 5.56 Å². The molecule has 0 saturated carbocycles. The summed E-state index contributed by atoms with van der Waals surface area (Å²) in [7, 11) is 0. The average Bonchev–Trinajstić information content (AvgIpc) is 2.42. The van der Waals surface area contributed by atoms with E-state index >= 15 is 0 Å². The van der Waals surface area contributed by atoms with E-state index < -0.39 is 22.7 Å². The lowest BCUT2D eigenvalue weighted by Crippen LogP contribution is -2.22. The Morgan fingerprint density at radius 2 is 1.67 bits per heavy atom. The normalized spacial score (nSPS) is 12.9. The Morgan fingerprint density at radius 3 is 2.33 bits per heavy atom. The van der Waals surface area contributed by atoms with Crippen molar-refractivity contribution in [3.8, 4) is 28.4 Å². The molecule has 6 heteroatoms. The first-order chi connectivity index (χ1) is 9.91. The topological polar surface area (TPSA) is 108 Å². The van der Waals surface area contributed by atoms with Crippen LogP contribution in [0.3, 0.4) is 0 Å². The molecule has 0 atom stereocenters. The van der Waals surface area contributed by atoms with Crippen LogP contribution in [0, 0.1) is 6.92 Å². The second-order valence-electron chi connectivity index (χ2n) is 5.07. The summed E-state index contributed by atoms with van der Waals surface area (Å²) in [6, 6.07) is 2.90. The number of fused-ring (bicyclic) bond motifs is 1. The quantitative estimate of drug-likeness (QED) is 0.425. The van der Waals surface area contributed by atoms with Gasteiger partial charge in [-0.3, -0.25) is 9.59 Å². The van der Waals surface area contributed by atoms with Gasteiger partial charge < -0.3 is 19.7 Å². The minimum atomic E-state index is -0.582. The molecule has 0 radical (unpaired) electrons. The van der Waals surface area contributed by atoms with Gasteiger partial charge in [-0.05, 0) is 24.6 Å². The van der Waals surface area contributed by atoms with Crippen LogP contribution >= 0.6 is 0 Å². The fourth-order valence-corrected chi connectivity index (χ4v) is 2.82. The van der Waals surface area contributed by atoms with Crippen molar-refractivity contribution in [2.24, 2.45) is 0 Å². The predicted octanol–water partition coefficient (Wildman–Crippen LogP) is 1.87. The summed E-state index contributed by atoms with van der Waals surface area (Å²) < 4.78 is 4.99. The lowest BCUT2D eigenvalue weighted by molar-refractivity contribution is 0.0902. The Labute approximate surface area is 116 Å². The van der Waals surface area contributed by atoms with Crippen LogP contribution in [0.5, 0.6) is 17.2 Å². The van der Waals surface area contributed by atoms with Gasteiger partial charge in [-0.2, -0.15) is 0 Å². The molecule has 3 N–H and O–H groups in total. The molecule has 2 heterocycles. The number of carbonyl (C=O) groups excluding carboxylic acids is 1. The number of rotatable bonds is 0. The summed E-state index contributed by atoms with van der Waals surface area (Å²) in [4.78, 5) is 24.2. The van der Waals surface area contributed by atoms with Crippen molar-refractivity contribution < 1.29 is 24.5 Å². The van der Waals surface area contributed by atoms with Crippen LogP contribution in [0.15, 0.2) is 21.3 Å². The van der Waals surface area contributed by atoms with Crippen LogP contribution in [0.2, 0.25) is 0 Å². The molecule has 2 bridgehead atoms. The zero-order valence-corrected chi connectivity index (χ0v) is 10.7. The highest BCUT2D eigenvalue weighted by Crippen LogP contribution is 2.51. The van der Waals surface area contributed by atoms with Crippen LogP contribution in [0.4, 0.5) is 0 Å². The lowest BCUT2D eigenvalue weighted by atomic mass is 9.87. The van der Waals surface area contributed by atoms with Gasteiger partial charge in [-0.1, -0.05) is 0 Å². The Hall–Kier alpha value is -3.02. The molecule has 2 aliphatic heterocycles. The van der Waals surface area contributed by atoms with Crippen molar-refractivity contribution in [1.82, 2.24) is 0 Å². The second-order valence-corrected chi connectivity index (χ2v) is 5.07. The third-order valence-corrected chi connectivity index (χ3v) is 3.75. The lowest BCUT2D eigenvalue weighted by Gasteiger charge is -2.22. The van der Waals surface area contributed by atoms with E-state index in [4.69, 9.17) is 4.42 Å². The van der Waals surface area contributed by atoms with E-state index in [0.717, 1.165) is 0 Å². The van der Waals surface area contributed by atoms with Crippen molar-refractivity contribution in [3.05, 3.63) is 39.4 Å². The maximum atomic E-state index is 12.5. The van der Waals surface area contributed by atoms with Gasteiger partial charge in [-0.25, -0.2) is 0 Å². The van der Waals surface area contributed by atoms with Gasteiger partial charge >= 0.3 is 0 Å². The molecule has 6 nitrogen and oxygen atoms in total. The Bertz CT molecular complexity index is 1010. The molecule has 5 rings (SSSR count). The summed E-state index contributed by atoms with van der Waals surface area (Å²) in [6.07, 6.45) is 0. The molecule has 0 amide bonds. The Morgan fingerprint density at radius 1 is 0.952 bits per heavy atom. The van der Waals surface area contributed by atoms with Crippen LogP contribution in [-0.2, 0) is 0 Å². The van der Waals surface area contributed by atoms with Crippen molar-refractivity contribution in [2.75, 3.05) is 0 Å². The van der Waals surface area contributed by atoms with Crippen molar-refractivity contribution in [2.45, 2.75) is 6.92 Å². The van der Waals surface area contributed by atoms with Gasteiger partial charge in [0.15, 0.2) is 16.9 Å². The van der Waals surface area contributed by atoms with E-state index in [2.05, 4.69) is 0 Å². The molecule has 1 aromatic rings. The smallest absolute Gasteiger partial charge is 0.268 e. The molecule has 0 spiro atoms. The van der Waals surface area contributed by atoms with E-state index in [9.17, 15) is 24.9 Å². The molecule has 104 valence electrons. The van der Waals surface area contributed by atoms with Crippen LogP contribution < -0.4 is 5.43 Å². The molecule has 0 saturated heterocycles. The molecule has 21 heavy (non-hydrogen) atoms. The van der Waals surface area contributed by atoms with Gasteiger partial charge in [-0.15, -0.1) is 0 Å². The second kappa shape index (κ2) is 3.35. The number of aryl methyl sites for hydroxylation is 1. The minimum absolute atomic E-state index is 0.0501. The summed E-state index contributed by atoms with van der Waals surface area (Å²) in [5.74, 6) is -2.33. The van der Waals surface area contributed by atoms with Crippen molar-refractivity contribution >= 4 is 16.6 Å². The third kappa shape index (κ3) is 1.17. The van der Waals surface area contributed by atoms with Gasteiger partial charge in [0.25, 0.3) is 5.78 Å². The maximum Gasteiger partial charge on any atom is 0.268 e. The van der Waals surface area contributed by atoms with Crippen LogP contribution in [0.1, 0.15) is 21.9 Å². The highest BCUT2D eigenvalue weighted by molar-refractivity contribution is 6.20. The van der Waals surface area contributed by atoms with Crippen molar-refractivity contribution in [1.29, 1.82) is 0 Å². The predicted molar refractivity (Wildman–Crippen MR) is 72.3 cm³/mol. The molecule has 0 aromatic heterocycles. The molecule has 0 unspecified atom stereocenters. The van der Waals surface area contributed by atoms with Crippen molar-refractivity contribution in [3.63, 3.8) is 0 Å². The van der Waals surface area contributed by atoms with Crippen LogP contribution in [-0.4, -0.2) is 21.1 Å². The fourth-order valence-electron chi connectivity index (χ4n) is 2.82. The molecular formula is C15H8O6. The van der Waals surface area contributed by atoms with Gasteiger partial charge in [0.1, 0.15) is 11.5 Å². The monoisotopic (exact) mass is 284 g/mol. The Balaban J connectivity index is 2.39. The molecule has 1 aromatic carbocycles. The fraction of sp³-hybridized carbons (Fsp3) is 0.0667. The van der Waals surface area contributed by atoms with Gasteiger partial charge in [0, 0.05) is 5.39 Å². The number of benzene rings is 2. The number of phenols is 2. The van der Waals surface area contributed by atoms with E-state index in [1.165, 1.54) is 12.1 Å². The summed E-state index contributed by atoms with van der Waals surface area (Å²) in [5, 5.41) is 30.3. The number of aromatic hydroxyl groups is 3. The highest BCUT2D eigenvalue weighted by atomic mass is 16.4. The first-order valence-corrected chi connectivity index (χ1v) is 6.14. The highest BCUT2D eigenvalue weighted by Gasteiger charge is 2.41. The number of hydrogen-bond acceptors (Lipinski definition) is 6. The summed E-state index contributed by atoms with van der Waals surface area (Å²) in [6.45, 7) is 1.68. The average molecular weight is 284 g/mol. The molecule has 2 aliphatic carbocycles. The molecular weight excluding hydrogens is 276 g/mol. The standard InChI is InChI=1S/C15H8O6/c1-4-2-5-7(6(16)3-4)11(18)8-9(10(5)17)14-13(20)15(21-14)12(8)19/h2-3,16,18-19H,1H3. The number of phenolic OH excluding ortho intramolecular Hbond substituents is 2. The van der Waals surface area contributed by atoms with Crippen LogP contribution in [0.25, 0.3) is 21.9 Å². The summed E-state index contributed by atoms with van der Waals surface area (Å²) >= 11 is 0. The van der Waals surface area contributed by atoms with E-state index in [1.807, 2.05) is 0 Å². The first-order valence-electron chi connectivity index (χ1n) is 6.14. The molecule has 0 fully saturated rings. The number of carbonyl (C=O) groups is 1. The number of ketones is 1. The zero-order valence-electron chi connectivity index (χ0n) is 10.7. The van der Waals surface area contributed by atoms with Gasteiger partial charge in [0.05, 0.1) is 16.5 Å². The minimum Gasteiger partial charge on any atom is -0.507 e. The summed E-state index contributed by atoms with van der Waals surface area (Å²) in [5.41, 5.74) is -0.283. The van der Waals surface area contributed by atoms with E-state index in [-0.39, 0.29) is 39.2 Å². The molecule has 4 aliphatic rings. The van der Waals surface area contributed by atoms with Gasteiger partial charge in [0.2, 0.25) is 5.76 Å². The third-order valence-electron chi connectivity index (χ3n) is 3.75.